The van der Waals surface area contributed by atoms with Crippen LogP contribution >= 0.6 is 11.3 Å². The van der Waals surface area contributed by atoms with Gasteiger partial charge in [-0.1, -0.05) is 72.0 Å². The summed E-state index contributed by atoms with van der Waals surface area (Å²) in [6.07, 6.45) is -0.500. The van der Waals surface area contributed by atoms with Gasteiger partial charge in [0.1, 0.15) is 15.7 Å². The van der Waals surface area contributed by atoms with Crippen LogP contribution in [0.5, 0.6) is 0 Å². The molecule has 0 saturated heterocycles. The molecule has 5 heteroatoms. The SMILES string of the molecule is COC(=O)Nc1sc(-c2ccccc2)nc1-c1ccccc1. The Balaban J connectivity index is 2.07. The Morgan fingerprint density at radius 2 is 1.59 bits per heavy atom. The molecule has 4 nitrogen and oxygen atoms in total. The van der Waals surface area contributed by atoms with Gasteiger partial charge >= 0.3 is 6.09 Å². The number of hydrogen-bond acceptors (Lipinski definition) is 4. The number of carbonyl (C=O) groups excluding carboxylic acids is 1. The molecule has 110 valence electrons. The fourth-order valence-corrected chi connectivity index (χ4v) is 3.02. The fraction of sp³-hybridized carbons (Fsp3) is 0.0588. The largest absolute Gasteiger partial charge is 0.453 e. The number of aromatic nitrogens is 1. The number of benzene rings is 2. The standard InChI is InChI=1S/C17H14N2O2S/c1-21-17(20)19-16-14(12-8-4-2-5-9-12)18-15(22-16)13-10-6-3-7-11-13/h2-11H,1H3,(H,19,20). The van der Waals surface area contributed by atoms with Gasteiger partial charge in [-0.15, -0.1) is 0 Å². The van der Waals surface area contributed by atoms with Crippen molar-refractivity contribution in [3.63, 3.8) is 0 Å². The van der Waals surface area contributed by atoms with Gasteiger partial charge in [-0.05, 0) is 0 Å². The molecule has 22 heavy (non-hydrogen) atoms. The molecule has 0 aliphatic carbocycles. The van der Waals surface area contributed by atoms with Crippen molar-refractivity contribution in [2.45, 2.75) is 0 Å². The lowest BCUT2D eigenvalue weighted by atomic mass is 10.1. The van der Waals surface area contributed by atoms with Crippen LogP contribution in [0.15, 0.2) is 60.7 Å². The van der Waals surface area contributed by atoms with Crippen LogP contribution in [-0.4, -0.2) is 18.2 Å². The van der Waals surface area contributed by atoms with E-state index in [0.29, 0.717) is 5.00 Å². The Kier molecular flexibility index (Phi) is 4.16. The van der Waals surface area contributed by atoms with E-state index in [9.17, 15) is 4.79 Å². The summed E-state index contributed by atoms with van der Waals surface area (Å²) in [5.74, 6) is 0. The fourth-order valence-electron chi connectivity index (χ4n) is 2.04. The zero-order valence-electron chi connectivity index (χ0n) is 11.9. The second-order valence-corrected chi connectivity index (χ2v) is 5.54. The third-order valence-electron chi connectivity index (χ3n) is 3.10. The molecule has 0 bridgehead atoms. The topological polar surface area (TPSA) is 51.2 Å². The Hall–Kier alpha value is -2.66. The molecule has 3 aromatic rings. The summed E-state index contributed by atoms with van der Waals surface area (Å²) < 4.78 is 4.69. The minimum atomic E-state index is -0.500. The number of thiazole rings is 1. The van der Waals surface area contributed by atoms with Gasteiger partial charge in [0.05, 0.1) is 7.11 Å². The quantitative estimate of drug-likeness (QED) is 0.765. The smallest absolute Gasteiger partial charge is 0.412 e. The second-order valence-electron chi connectivity index (χ2n) is 4.55. The highest BCUT2D eigenvalue weighted by Crippen LogP contribution is 2.37. The van der Waals surface area contributed by atoms with Crippen LogP contribution in [0, 0.1) is 0 Å². The summed E-state index contributed by atoms with van der Waals surface area (Å²) in [7, 11) is 1.34. The maximum atomic E-state index is 11.6. The maximum absolute atomic E-state index is 11.6. The second kappa shape index (κ2) is 6.41. The van der Waals surface area contributed by atoms with Crippen molar-refractivity contribution in [3.8, 4) is 21.8 Å². The average molecular weight is 310 g/mol. The van der Waals surface area contributed by atoms with Crippen LogP contribution in [-0.2, 0) is 4.74 Å². The van der Waals surface area contributed by atoms with Crippen LogP contribution in [0.4, 0.5) is 9.80 Å². The number of nitrogens with one attached hydrogen (secondary N) is 1. The normalized spacial score (nSPS) is 10.2. The molecule has 1 aromatic heterocycles. The molecule has 0 fully saturated rings. The third-order valence-corrected chi connectivity index (χ3v) is 4.12. The van der Waals surface area contributed by atoms with E-state index in [1.807, 2.05) is 60.7 Å². The predicted octanol–water partition coefficient (Wildman–Crippen LogP) is 4.66. The summed E-state index contributed by atoms with van der Waals surface area (Å²) in [5, 5.41) is 4.27. The lowest BCUT2D eigenvalue weighted by Gasteiger charge is -2.03. The van der Waals surface area contributed by atoms with Crippen LogP contribution in [0.25, 0.3) is 21.8 Å². The van der Waals surface area contributed by atoms with Crippen LogP contribution in [0.3, 0.4) is 0 Å². The Bertz CT molecular complexity index is 770. The van der Waals surface area contributed by atoms with Crippen molar-refractivity contribution in [3.05, 3.63) is 60.7 Å². The van der Waals surface area contributed by atoms with Crippen LogP contribution < -0.4 is 5.32 Å². The van der Waals surface area contributed by atoms with Crippen molar-refractivity contribution in [1.29, 1.82) is 0 Å². The van der Waals surface area contributed by atoms with Crippen molar-refractivity contribution in [2.75, 3.05) is 12.4 Å². The molecule has 0 spiro atoms. The summed E-state index contributed by atoms with van der Waals surface area (Å²) in [6.45, 7) is 0. The van der Waals surface area contributed by atoms with E-state index in [0.717, 1.165) is 21.8 Å². The highest BCUT2D eigenvalue weighted by molar-refractivity contribution is 7.19. The molecular formula is C17H14N2O2S. The first kappa shape index (κ1) is 14.3. The number of anilines is 1. The van der Waals surface area contributed by atoms with Gasteiger partial charge in [-0.25, -0.2) is 9.78 Å². The molecule has 0 atom stereocenters. The predicted molar refractivity (Wildman–Crippen MR) is 89.0 cm³/mol. The van der Waals surface area contributed by atoms with E-state index in [4.69, 9.17) is 0 Å². The van der Waals surface area contributed by atoms with Crippen LogP contribution in [0.1, 0.15) is 0 Å². The van der Waals surface area contributed by atoms with Crippen molar-refractivity contribution < 1.29 is 9.53 Å². The Morgan fingerprint density at radius 3 is 2.18 bits per heavy atom. The van der Waals surface area contributed by atoms with E-state index >= 15 is 0 Å². The van der Waals surface area contributed by atoms with E-state index in [-0.39, 0.29) is 0 Å². The molecule has 3 rings (SSSR count). The van der Waals surface area contributed by atoms with E-state index < -0.39 is 6.09 Å². The lowest BCUT2D eigenvalue weighted by Crippen LogP contribution is -2.10. The van der Waals surface area contributed by atoms with E-state index in [1.54, 1.807) is 0 Å². The highest BCUT2D eigenvalue weighted by atomic mass is 32.1. The van der Waals surface area contributed by atoms with Crippen molar-refractivity contribution in [1.82, 2.24) is 4.98 Å². The molecule has 1 N–H and O–H groups in total. The minimum absolute atomic E-state index is 0.500. The zero-order chi connectivity index (χ0) is 15.4. The van der Waals surface area contributed by atoms with Crippen LogP contribution in [0.2, 0.25) is 0 Å². The molecule has 0 aliphatic rings. The van der Waals surface area contributed by atoms with Gasteiger partial charge in [0.2, 0.25) is 0 Å². The number of methoxy groups -OCH3 is 1. The number of hydrogen-bond donors (Lipinski definition) is 1. The number of ether oxygens (including phenoxy) is 1. The summed E-state index contributed by atoms with van der Waals surface area (Å²) in [5.41, 5.74) is 2.71. The zero-order valence-corrected chi connectivity index (χ0v) is 12.8. The van der Waals surface area contributed by atoms with Gasteiger partial charge in [0.15, 0.2) is 0 Å². The van der Waals surface area contributed by atoms with Gasteiger partial charge in [0.25, 0.3) is 0 Å². The summed E-state index contributed by atoms with van der Waals surface area (Å²) >= 11 is 1.43. The first-order valence-electron chi connectivity index (χ1n) is 6.74. The van der Waals surface area contributed by atoms with Gasteiger partial charge < -0.3 is 4.74 Å². The van der Waals surface area contributed by atoms with Gasteiger partial charge in [-0.2, -0.15) is 0 Å². The molecule has 0 radical (unpaired) electrons. The number of amides is 1. The van der Waals surface area contributed by atoms with E-state index in [1.165, 1.54) is 18.4 Å². The van der Waals surface area contributed by atoms with E-state index in [2.05, 4.69) is 15.0 Å². The molecule has 2 aromatic carbocycles. The molecular weight excluding hydrogens is 296 g/mol. The molecule has 0 saturated carbocycles. The third kappa shape index (κ3) is 2.99. The van der Waals surface area contributed by atoms with Crippen molar-refractivity contribution in [2.24, 2.45) is 0 Å². The molecule has 0 aliphatic heterocycles. The molecule has 0 unspecified atom stereocenters. The number of rotatable bonds is 3. The minimum Gasteiger partial charge on any atom is -0.453 e. The number of carbonyl (C=O) groups is 1. The first-order chi connectivity index (χ1) is 10.8. The highest BCUT2D eigenvalue weighted by Gasteiger charge is 2.16. The Labute approximate surface area is 132 Å². The summed E-state index contributed by atoms with van der Waals surface area (Å²) in [6, 6.07) is 19.6. The van der Waals surface area contributed by atoms with Crippen molar-refractivity contribution >= 4 is 22.4 Å². The lowest BCUT2D eigenvalue weighted by molar-refractivity contribution is 0.187. The molecule has 1 amide bonds. The molecule has 1 heterocycles. The number of nitrogens with zero attached hydrogens (tertiary/aromatic N) is 1. The first-order valence-corrected chi connectivity index (χ1v) is 7.56. The Morgan fingerprint density at radius 1 is 1.00 bits per heavy atom. The van der Waals surface area contributed by atoms with Gasteiger partial charge in [0, 0.05) is 11.1 Å². The summed E-state index contributed by atoms with van der Waals surface area (Å²) in [4.78, 5) is 16.2. The monoisotopic (exact) mass is 310 g/mol. The average Bonchev–Trinajstić information content (AvgIpc) is 3.00. The van der Waals surface area contributed by atoms with Gasteiger partial charge in [-0.3, -0.25) is 5.32 Å². The maximum Gasteiger partial charge on any atom is 0.412 e.